The first kappa shape index (κ1) is 17.9. The second kappa shape index (κ2) is 8.42. The largest absolute Gasteiger partial charge is 0.383 e. The number of amides is 1. The molecule has 7 nitrogen and oxygen atoms in total. The standard InChI is InChI=1S/C16H28N4O3/c1-12(2)14-9-16(23-18-14)17-15(21)11-19-5-6-20(7-8-22-4)13(3)10-19/h9,12-13H,5-8,10-11H2,1-4H3,(H,17,21)/t13-/m1/s1. The average Bonchev–Trinajstić information content (AvgIpc) is 2.95. The Kier molecular flexibility index (Phi) is 6.56. The molecule has 1 atom stereocenters. The van der Waals surface area contributed by atoms with Crippen LogP contribution in [0.3, 0.4) is 0 Å². The fourth-order valence-corrected chi connectivity index (χ4v) is 2.75. The van der Waals surface area contributed by atoms with Crippen LogP contribution in [-0.4, -0.2) is 73.3 Å². The average molecular weight is 324 g/mol. The number of methoxy groups -OCH3 is 1. The zero-order valence-electron chi connectivity index (χ0n) is 14.5. The maximum atomic E-state index is 12.1. The van der Waals surface area contributed by atoms with Crippen LogP contribution in [0.15, 0.2) is 10.6 Å². The fourth-order valence-electron chi connectivity index (χ4n) is 2.75. The van der Waals surface area contributed by atoms with Gasteiger partial charge in [0.15, 0.2) is 0 Å². The van der Waals surface area contributed by atoms with Gasteiger partial charge in [-0.25, -0.2) is 0 Å². The third-order valence-corrected chi connectivity index (χ3v) is 4.18. The molecule has 1 aliphatic rings. The van der Waals surface area contributed by atoms with Crippen molar-refractivity contribution in [3.8, 4) is 0 Å². The first-order valence-electron chi connectivity index (χ1n) is 8.21. The lowest BCUT2D eigenvalue weighted by Crippen LogP contribution is -2.54. The number of anilines is 1. The summed E-state index contributed by atoms with van der Waals surface area (Å²) in [6, 6.07) is 2.21. The van der Waals surface area contributed by atoms with Crippen molar-refractivity contribution in [3.63, 3.8) is 0 Å². The fraction of sp³-hybridized carbons (Fsp3) is 0.750. The highest BCUT2D eigenvalue weighted by Crippen LogP contribution is 2.17. The minimum atomic E-state index is -0.0611. The highest BCUT2D eigenvalue weighted by Gasteiger charge is 2.24. The first-order valence-corrected chi connectivity index (χ1v) is 8.21. The monoisotopic (exact) mass is 324 g/mol. The molecule has 1 N–H and O–H groups in total. The summed E-state index contributed by atoms with van der Waals surface area (Å²) in [6.07, 6.45) is 0. The number of piperazine rings is 1. The second-order valence-electron chi connectivity index (χ2n) is 6.43. The minimum absolute atomic E-state index is 0.0611. The molecule has 7 heteroatoms. The van der Waals surface area contributed by atoms with Crippen molar-refractivity contribution in [2.45, 2.75) is 32.7 Å². The number of carbonyl (C=O) groups excluding carboxylic acids is 1. The molecule has 0 saturated carbocycles. The zero-order chi connectivity index (χ0) is 16.8. The van der Waals surface area contributed by atoms with E-state index < -0.39 is 0 Å². The van der Waals surface area contributed by atoms with E-state index >= 15 is 0 Å². The summed E-state index contributed by atoms with van der Waals surface area (Å²) < 4.78 is 10.3. The van der Waals surface area contributed by atoms with Gasteiger partial charge in [-0.2, -0.15) is 0 Å². The van der Waals surface area contributed by atoms with Crippen LogP contribution in [0.4, 0.5) is 5.88 Å². The maximum Gasteiger partial charge on any atom is 0.240 e. The number of aromatic nitrogens is 1. The molecule has 1 fully saturated rings. The van der Waals surface area contributed by atoms with E-state index in [4.69, 9.17) is 9.26 Å². The van der Waals surface area contributed by atoms with Crippen molar-refractivity contribution < 1.29 is 14.1 Å². The highest BCUT2D eigenvalue weighted by molar-refractivity contribution is 5.91. The summed E-state index contributed by atoms with van der Waals surface area (Å²) in [4.78, 5) is 16.7. The number of hydrogen-bond acceptors (Lipinski definition) is 6. The lowest BCUT2D eigenvalue weighted by molar-refractivity contribution is -0.118. The number of hydrogen-bond donors (Lipinski definition) is 1. The smallest absolute Gasteiger partial charge is 0.240 e. The van der Waals surface area contributed by atoms with Gasteiger partial charge in [0.2, 0.25) is 11.8 Å². The van der Waals surface area contributed by atoms with E-state index in [1.165, 1.54) is 0 Å². The lowest BCUT2D eigenvalue weighted by atomic mass is 10.1. The van der Waals surface area contributed by atoms with Gasteiger partial charge in [0.1, 0.15) is 0 Å². The van der Waals surface area contributed by atoms with Crippen molar-refractivity contribution in [2.75, 3.05) is 51.8 Å². The van der Waals surface area contributed by atoms with E-state index in [0.717, 1.165) is 38.5 Å². The summed E-state index contributed by atoms with van der Waals surface area (Å²) in [5.74, 6) is 0.643. The molecular formula is C16H28N4O3. The molecule has 2 rings (SSSR count). The molecule has 0 aliphatic carbocycles. The number of carbonyl (C=O) groups is 1. The van der Waals surface area contributed by atoms with Gasteiger partial charge in [0.25, 0.3) is 0 Å². The number of nitrogens with zero attached hydrogens (tertiary/aromatic N) is 3. The third-order valence-electron chi connectivity index (χ3n) is 4.18. The molecule has 2 heterocycles. The molecule has 0 radical (unpaired) electrons. The molecule has 1 aromatic rings. The molecule has 1 saturated heterocycles. The molecule has 1 aliphatic heterocycles. The quantitative estimate of drug-likeness (QED) is 0.817. The molecule has 0 aromatic carbocycles. The molecule has 1 aromatic heterocycles. The van der Waals surface area contributed by atoms with Gasteiger partial charge in [-0.05, 0) is 12.8 Å². The van der Waals surface area contributed by atoms with Gasteiger partial charge in [0.05, 0.1) is 18.8 Å². The van der Waals surface area contributed by atoms with Gasteiger partial charge in [-0.3, -0.25) is 19.9 Å². The normalized spacial score (nSPS) is 20.1. The summed E-state index contributed by atoms with van der Waals surface area (Å²) in [5, 5.41) is 6.73. The Morgan fingerprint density at radius 2 is 2.30 bits per heavy atom. The Morgan fingerprint density at radius 1 is 1.52 bits per heavy atom. The Balaban J connectivity index is 1.77. The van der Waals surface area contributed by atoms with E-state index in [2.05, 4.69) is 27.2 Å². The van der Waals surface area contributed by atoms with Gasteiger partial charge in [0, 0.05) is 45.4 Å². The Labute approximate surface area is 137 Å². The second-order valence-corrected chi connectivity index (χ2v) is 6.43. The van der Waals surface area contributed by atoms with E-state index in [-0.39, 0.29) is 11.8 Å². The summed E-state index contributed by atoms with van der Waals surface area (Å²) >= 11 is 0. The van der Waals surface area contributed by atoms with E-state index in [1.54, 1.807) is 13.2 Å². The summed E-state index contributed by atoms with van der Waals surface area (Å²) in [7, 11) is 1.72. The number of nitrogens with one attached hydrogen (secondary N) is 1. The molecule has 0 spiro atoms. The van der Waals surface area contributed by atoms with Crippen LogP contribution in [0.5, 0.6) is 0 Å². The van der Waals surface area contributed by atoms with Crippen molar-refractivity contribution in [3.05, 3.63) is 11.8 Å². The minimum Gasteiger partial charge on any atom is -0.383 e. The summed E-state index contributed by atoms with van der Waals surface area (Å²) in [6.45, 7) is 11.0. The number of rotatable bonds is 7. The molecule has 1 amide bonds. The molecule has 0 bridgehead atoms. The SMILES string of the molecule is COCCN1CCN(CC(=O)Nc2cc(C(C)C)no2)C[C@H]1C. The Hall–Kier alpha value is -1.44. The van der Waals surface area contributed by atoms with Crippen LogP contribution >= 0.6 is 0 Å². The predicted molar refractivity (Wildman–Crippen MR) is 88.6 cm³/mol. The molecule has 23 heavy (non-hydrogen) atoms. The van der Waals surface area contributed by atoms with Crippen LogP contribution in [-0.2, 0) is 9.53 Å². The van der Waals surface area contributed by atoms with Crippen LogP contribution in [0.25, 0.3) is 0 Å². The maximum absolute atomic E-state index is 12.1. The predicted octanol–water partition coefficient (Wildman–Crippen LogP) is 1.39. The Morgan fingerprint density at radius 3 is 2.91 bits per heavy atom. The van der Waals surface area contributed by atoms with Gasteiger partial charge >= 0.3 is 0 Å². The summed E-state index contributed by atoms with van der Waals surface area (Å²) in [5.41, 5.74) is 0.848. The van der Waals surface area contributed by atoms with Crippen molar-refractivity contribution >= 4 is 11.8 Å². The Bertz CT molecular complexity index is 503. The third kappa shape index (κ3) is 5.30. The highest BCUT2D eigenvalue weighted by atomic mass is 16.5. The number of ether oxygens (including phenoxy) is 1. The van der Waals surface area contributed by atoms with Crippen molar-refractivity contribution in [2.24, 2.45) is 0 Å². The zero-order valence-corrected chi connectivity index (χ0v) is 14.5. The van der Waals surface area contributed by atoms with Crippen LogP contribution < -0.4 is 5.32 Å². The van der Waals surface area contributed by atoms with Crippen LogP contribution in [0, 0.1) is 0 Å². The van der Waals surface area contributed by atoms with Crippen molar-refractivity contribution in [1.29, 1.82) is 0 Å². The van der Waals surface area contributed by atoms with E-state index in [0.29, 0.717) is 18.5 Å². The van der Waals surface area contributed by atoms with E-state index in [9.17, 15) is 4.79 Å². The van der Waals surface area contributed by atoms with E-state index in [1.807, 2.05) is 13.8 Å². The molecule has 0 unspecified atom stereocenters. The van der Waals surface area contributed by atoms with Crippen molar-refractivity contribution in [1.82, 2.24) is 15.0 Å². The van der Waals surface area contributed by atoms with Gasteiger partial charge in [-0.1, -0.05) is 19.0 Å². The topological polar surface area (TPSA) is 70.8 Å². The van der Waals surface area contributed by atoms with Crippen LogP contribution in [0.1, 0.15) is 32.4 Å². The van der Waals surface area contributed by atoms with Gasteiger partial charge in [-0.15, -0.1) is 0 Å². The molecular weight excluding hydrogens is 296 g/mol. The first-order chi connectivity index (χ1) is 11.0. The van der Waals surface area contributed by atoms with Gasteiger partial charge < -0.3 is 9.26 Å². The lowest BCUT2D eigenvalue weighted by Gasteiger charge is -2.39. The molecule has 130 valence electrons. The van der Waals surface area contributed by atoms with Crippen LogP contribution in [0.2, 0.25) is 0 Å².